The molecule has 1 amide bonds. The maximum Gasteiger partial charge on any atom is 0.250 e. The molecular weight excluding hydrogens is 294 g/mol. The second-order valence-corrected chi connectivity index (χ2v) is 5.08. The summed E-state index contributed by atoms with van der Waals surface area (Å²) in [6.07, 6.45) is 1.96. The molecule has 2 aromatic heterocycles. The van der Waals surface area contributed by atoms with Gasteiger partial charge >= 0.3 is 0 Å². The van der Waals surface area contributed by atoms with E-state index in [1.54, 1.807) is 11.7 Å². The van der Waals surface area contributed by atoms with E-state index >= 15 is 0 Å². The van der Waals surface area contributed by atoms with Gasteiger partial charge in [-0.05, 0) is 18.6 Å². The molecule has 2 heterocycles. The van der Waals surface area contributed by atoms with Crippen LogP contribution in [0.3, 0.4) is 0 Å². The molecule has 0 radical (unpaired) electrons. The second-order valence-electron chi connectivity index (χ2n) is 5.08. The summed E-state index contributed by atoms with van der Waals surface area (Å²) < 4.78 is 3.07. The quantitative estimate of drug-likeness (QED) is 0.789. The third kappa shape index (κ3) is 2.53. The molecule has 0 fully saturated rings. The first-order valence-corrected chi connectivity index (χ1v) is 7.18. The first-order valence-electron chi connectivity index (χ1n) is 7.18. The Hall–Kier alpha value is -3.21. The molecule has 0 saturated heterocycles. The number of aryl methyl sites for hydroxylation is 1. The fourth-order valence-corrected chi connectivity index (χ4v) is 2.45. The van der Waals surface area contributed by atoms with Crippen LogP contribution < -0.4 is 5.32 Å². The van der Waals surface area contributed by atoms with Crippen LogP contribution in [0.15, 0.2) is 30.5 Å². The van der Waals surface area contributed by atoms with E-state index in [1.807, 2.05) is 37.3 Å². The van der Waals surface area contributed by atoms with Gasteiger partial charge in [0, 0.05) is 7.05 Å². The molecular formula is C15H15N7O. The SMILES string of the molecule is CCC(C(=O)Nc1c(C#N)cnn1C)n1nnc2ccccc21. The van der Waals surface area contributed by atoms with E-state index in [0.29, 0.717) is 17.8 Å². The lowest BCUT2D eigenvalue weighted by atomic mass is 10.2. The maximum atomic E-state index is 12.7. The van der Waals surface area contributed by atoms with Crippen LogP contribution in [0.4, 0.5) is 5.82 Å². The Morgan fingerprint density at radius 3 is 2.96 bits per heavy atom. The molecule has 0 aliphatic carbocycles. The highest BCUT2D eigenvalue weighted by Gasteiger charge is 2.23. The average molecular weight is 309 g/mol. The summed E-state index contributed by atoms with van der Waals surface area (Å²) in [6, 6.07) is 8.95. The molecule has 1 atom stereocenters. The number of fused-ring (bicyclic) bond motifs is 1. The Balaban J connectivity index is 1.93. The van der Waals surface area contributed by atoms with Crippen LogP contribution in [0.1, 0.15) is 24.9 Å². The van der Waals surface area contributed by atoms with Crippen molar-refractivity contribution in [1.82, 2.24) is 24.8 Å². The first-order chi connectivity index (χ1) is 11.2. The summed E-state index contributed by atoms with van der Waals surface area (Å²) in [5, 5.41) is 24.0. The van der Waals surface area contributed by atoms with Crippen LogP contribution in [0, 0.1) is 11.3 Å². The second kappa shape index (κ2) is 5.88. The van der Waals surface area contributed by atoms with Crippen molar-refractivity contribution in [2.24, 2.45) is 7.05 Å². The Morgan fingerprint density at radius 1 is 1.43 bits per heavy atom. The number of aromatic nitrogens is 5. The molecule has 1 N–H and O–H groups in total. The van der Waals surface area contributed by atoms with Gasteiger partial charge in [-0.25, -0.2) is 4.68 Å². The number of carbonyl (C=O) groups excluding carboxylic acids is 1. The van der Waals surface area contributed by atoms with E-state index in [9.17, 15) is 4.79 Å². The summed E-state index contributed by atoms with van der Waals surface area (Å²) in [4.78, 5) is 12.7. The van der Waals surface area contributed by atoms with Gasteiger partial charge in [-0.3, -0.25) is 9.48 Å². The molecule has 0 aliphatic heterocycles. The number of amides is 1. The number of anilines is 1. The normalized spacial score (nSPS) is 12.0. The summed E-state index contributed by atoms with van der Waals surface area (Å²) in [5.74, 6) is 0.114. The van der Waals surface area contributed by atoms with Gasteiger partial charge in [0.25, 0.3) is 0 Å². The minimum Gasteiger partial charge on any atom is -0.308 e. The van der Waals surface area contributed by atoms with Crippen molar-refractivity contribution in [1.29, 1.82) is 5.26 Å². The van der Waals surface area contributed by atoms with Crippen molar-refractivity contribution >= 4 is 22.8 Å². The van der Waals surface area contributed by atoms with Crippen LogP contribution in [-0.4, -0.2) is 30.7 Å². The van der Waals surface area contributed by atoms with Crippen molar-refractivity contribution in [2.75, 3.05) is 5.32 Å². The van der Waals surface area contributed by atoms with Gasteiger partial charge in [0.1, 0.15) is 29.0 Å². The Morgan fingerprint density at radius 2 is 2.22 bits per heavy atom. The highest BCUT2D eigenvalue weighted by Crippen LogP contribution is 2.21. The molecule has 0 saturated carbocycles. The molecule has 8 heteroatoms. The fraction of sp³-hybridized carbons (Fsp3) is 0.267. The number of para-hydroxylation sites is 1. The Labute approximate surface area is 132 Å². The van der Waals surface area contributed by atoms with Gasteiger partial charge in [-0.2, -0.15) is 10.4 Å². The molecule has 8 nitrogen and oxygen atoms in total. The van der Waals surface area contributed by atoms with E-state index in [2.05, 4.69) is 20.7 Å². The molecule has 1 aromatic carbocycles. The molecule has 1 unspecified atom stereocenters. The Bertz CT molecular complexity index is 902. The zero-order chi connectivity index (χ0) is 16.4. The van der Waals surface area contributed by atoms with Gasteiger partial charge in [-0.1, -0.05) is 24.3 Å². The van der Waals surface area contributed by atoms with Gasteiger partial charge in [0.05, 0.1) is 11.7 Å². The lowest BCUT2D eigenvalue weighted by molar-refractivity contribution is -0.119. The predicted octanol–water partition coefficient (Wildman–Crippen LogP) is 1.63. The van der Waals surface area contributed by atoms with Crippen LogP contribution in [-0.2, 0) is 11.8 Å². The minimum atomic E-state index is -0.524. The number of nitrogens with zero attached hydrogens (tertiary/aromatic N) is 6. The van der Waals surface area contributed by atoms with Crippen molar-refractivity contribution in [3.05, 3.63) is 36.0 Å². The average Bonchev–Trinajstić information content (AvgIpc) is 3.13. The number of benzene rings is 1. The molecule has 116 valence electrons. The van der Waals surface area contributed by atoms with E-state index in [0.717, 1.165) is 11.0 Å². The maximum absolute atomic E-state index is 12.7. The van der Waals surface area contributed by atoms with E-state index in [4.69, 9.17) is 5.26 Å². The van der Waals surface area contributed by atoms with E-state index < -0.39 is 6.04 Å². The van der Waals surface area contributed by atoms with Crippen molar-refractivity contribution < 1.29 is 4.79 Å². The van der Waals surface area contributed by atoms with Crippen molar-refractivity contribution in [3.8, 4) is 6.07 Å². The first kappa shape index (κ1) is 14.7. The van der Waals surface area contributed by atoms with Crippen LogP contribution in [0.2, 0.25) is 0 Å². The number of carbonyl (C=O) groups is 1. The minimum absolute atomic E-state index is 0.261. The van der Waals surface area contributed by atoms with Gasteiger partial charge in [0.15, 0.2) is 0 Å². The van der Waals surface area contributed by atoms with Gasteiger partial charge in [0.2, 0.25) is 5.91 Å². The van der Waals surface area contributed by atoms with Crippen molar-refractivity contribution in [2.45, 2.75) is 19.4 Å². The molecule has 3 rings (SSSR count). The standard InChI is InChI=1S/C15H15N7O/c1-3-12(22-13-7-5-4-6-11(13)19-20-22)15(23)18-14-10(8-16)9-17-21(14)2/h4-7,9,12H,3H2,1-2H3,(H,18,23). The predicted molar refractivity (Wildman–Crippen MR) is 83.4 cm³/mol. The lowest BCUT2D eigenvalue weighted by Crippen LogP contribution is -2.27. The number of hydrogen-bond acceptors (Lipinski definition) is 5. The van der Waals surface area contributed by atoms with Crippen LogP contribution in [0.25, 0.3) is 11.0 Å². The van der Waals surface area contributed by atoms with Crippen LogP contribution >= 0.6 is 0 Å². The summed E-state index contributed by atoms with van der Waals surface area (Å²) in [7, 11) is 1.67. The van der Waals surface area contributed by atoms with Gasteiger partial charge < -0.3 is 5.32 Å². The number of hydrogen-bond donors (Lipinski definition) is 1. The third-order valence-electron chi connectivity index (χ3n) is 3.66. The molecule has 0 aliphatic rings. The zero-order valence-electron chi connectivity index (χ0n) is 12.8. The number of nitrogens with one attached hydrogen (secondary N) is 1. The highest BCUT2D eigenvalue weighted by atomic mass is 16.2. The van der Waals surface area contributed by atoms with E-state index in [-0.39, 0.29) is 5.91 Å². The third-order valence-corrected chi connectivity index (χ3v) is 3.66. The smallest absolute Gasteiger partial charge is 0.250 e. The van der Waals surface area contributed by atoms with E-state index in [1.165, 1.54) is 10.9 Å². The summed E-state index contributed by atoms with van der Waals surface area (Å²) >= 11 is 0. The number of nitriles is 1. The van der Waals surface area contributed by atoms with Gasteiger partial charge in [-0.15, -0.1) is 5.10 Å². The molecule has 0 spiro atoms. The topological polar surface area (TPSA) is 101 Å². The fourth-order valence-electron chi connectivity index (χ4n) is 2.45. The lowest BCUT2D eigenvalue weighted by Gasteiger charge is -2.16. The number of rotatable bonds is 4. The molecule has 0 bridgehead atoms. The summed E-state index contributed by atoms with van der Waals surface area (Å²) in [6.45, 7) is 1.90. The highest BCUT2D eigenvalue weighted by molar-refractivity contribution is 5.94. The largest absolute Gasteiger partial charge is 0.308 e. The molecule has 3 aromatic rings. The zero-order valence-corrected chi connectivity index (χ0v) is 12.8. The molecule has 23 heavy (non-hydrogen) atoms. The Kier molecular flexibility index (Phi) is 3.76. The van der Waals surface area contributed by atoms with Crippen molar-refractivity contribution in [3.63, 3.8) is 0 Å². The monoisotopic (exact) mass is 309 g/mol. The summed E-state index contributed by atoms with van der Waals surface area (Å²) in [5.41, 5.74) is 1.84. The van der Waals surface area contributed by atoms with Crippen LogP contribution in [0.5, 0.6) is 0 Å².